The predicted octanol–water partition coefficient (Wildman–Crippen LogP) is 2.08. The van der Waals surface area contributed by atoms with Crippen molar-refractivity contribution >= 4 is 5.97 Å². The van der Waals surface area contributed by atoms with E-state index in [2.05, 4.69) is 0 Å². The van der Waals surface area contributed by atoms with E-state index in [1.807, 2.05) is 20.8 Å². The molecule has 0 aliphatic heterocycles. The van der Waals surface area contributed by atoms with Crippen molar-refractivity contribution in [2.24, 2.45) is 5.41 Å². The van der Waals surface area contributed by atoms with E-state index in [1.54, 1.807) is 0 Å². The number of hydrogen-bond donors (Lipinski definition) is 1. The fraction of sp³-hybridized carbons (Fsp3) is 0.917. The maximum Gasteiger partial charge on any atom is 0.330 e. The Morgan fingerprint density at radius 1 is 1.31 bits per heavy atom. The van der Waals surface area contributed by atoms with E-state index in [0.29, 0.717) is 0 Å². The first-order valence-electron chi connectivity index (χ1n) is 6.05. The van der Waals surface area contributed by atoms with Gasteiger partial charge in [0.1, 0.15) is 6.73 Å². The SMILES string of the molecule is CC(C)(C)C(=O)ON(CO)C1CCCCC1. The molecule has 0 heterocycles. The summed E-state index contributed by atoms with van der Waals surface area (Å²) < 4.78 is 0. The lowest BCUT2D eigenvalue weighted by molar-refractivity contribution is -0.232. The Hall–Kier alpha value is -0.610. The standard InChI is InChI=1S/C12H23NO3/c1-12(2,3)11(15)16-13(9-14)10-7-5-4-6-8-10/h10,14H,4-9H2,1-3H3. The number of hydrogen-bond acceptors (Lipinski definition) is 4. The number of aliphatic hydroxyl groups excluding tert-OH is 1. The minimum absolute atomic E-state index is 0.185. The third kappa shape index (κ3) is 3.76. The van der Waals surface area contributed by atoms with Crippen LogP contribution in [0.4, 0.5) is 0 Å². The summed E-state index contributed by atoms with van der Waals surface area (Å²) in [5, 5.41) is 10.7. The van der Waals surface area contributed by atoms with E-state index >= 15 is 0 Å². The fourth-order valence-electron chi connectivity index (χ4n) is 1.83. The molecule has 0 bridgehead atoms. The number of rotatable bonds is 3. The number of nitrogens with zero attached hydrogens (tertiary/aromatic N) is 1. The zero-order chi connectivity index (χ0) is 12.2. The highest BCUT2D eigenvalue weighted by Gasteiger charge is 2.29. The van der Waals surface area contributed by atoms with Gasteiger partial charge >= 0.3 is 5.97 Å². The highest BCUT2D eigenvalue weighted by molar-refractivity contribution is 5.75. The van der Waals surface area contributed by atoms with Crippen LogP contribution in [0.5, 0.6) is 0 Å². The summed E-state index contributed by atoms with van der Waals surface area (Å²) in [6, 6.07) is 0.185. The summed E-state index contributed by atoms with van der Waals surface area (Å²) in [7, 11) is 0. The van der Waals surface area contributed by atoms with Crippen LogP contribution in [-0.4, -0.2) is 28.9 Å². The van der Waals surface area contributed by atoms with Crippen molar-refractivity contribution in [2.75, 3.05) is 6.73 Å². The summed E-state index contributed by atoms with van der Waals surface area (Å²) in [5.41, 5.74) is -0.526. The normalized spacial score (nSPS) is 18.8. The van der Waals surface area contributed by atoms with Gasteiger partial charge in [-0.05, 0) is 33.6 Å². The molecule has 4 heteroatoms. The predicted molar refractivity (Wildman–Crippen MR) is 61.3 cm³/mol. The molecule has 1 saturated carbocycles. The molecule has 0 aromatic rings. The van der Waals surface area contributed by atoms with Gasteiger partial charge in [-0.15, -0.1) is 5.06 Å². The summed E-state index contributed by atoms with van der Waals surface area (Å²) in [6.07, 6.45) is 5.53. The van der Waals surface area contributed by atoms with Crippen LogP contribution in [0.25, 0.3) is 0 Å². The van der Waals surface area contributed by atoms with Crippen molar-refractivity contribution in [3.63, 3.8) is 0 Å². The molecule has 0 saturated heterocycles. The van der Waals surface area contributed by atoms with Gasteiger partial charge in [-0.1, -0.05) is 19.3 Å². The first-order chi connectivity index (χ1) is 7.45. The molecule has 1 aliphatic carbocycles. The lowest BCUT2D eigenvalue weighted by Crippen LogP contribution is -2.41. The second kappa shape index (κ2) is 5.64. The summed E-state index contributed by atoms with van der Waals surface area (Å²) in [4.78, 5) is 16.9. The molecule has 0 aromatic carbocycles. The molecule has 0 unspecified atom stereocenters. The van der Waals surface area contributed by atoms with Gasteiger partial charge < -0.3 is 9.94 Å². The van der Waals surface area contributed by atoms with Gasteiger partial charge in [-0.3, -0.25) is 0 Å². The van der Waals surface area contributed by atoms with Crippen LogP contribution >= 0.6 is 0 Å². The smallest absolute Gasteiger partial charge is 0.330 e. The van der Waals surface area contributed by atoms with Crippen LogP contribution in [-0.2, 0) is 9.63 Å². The quantitative estimate of drug-likeness (QED) is 0.594. The Labute approximate surface area is 97.5 Å². The number of aliphatic hydroxyl groups is 1. The topological polar surface area (TPSA) is 49.8 Å². The van der Waals surface area contributed by atoms with Crippen LogP contribution in [0.1, 0.15) is 52.9 Å². The second-order valence-electron chi connectivity index (χ2n) is 5.48. The molecule has 16 heavy (non-hydrogen) atoms. The Bertz CT molecular complexity index is 229. The van der Waals surface area contributed by atoms with E-state index in [-0.39, 0.29) is 18.7 Å². The Kier molecular flexibility index (Phi) is 4.74. The van der Waals surface area contributed by atoms with Gasteiger partial charge in [-0.25, -0.2) is 4.79 Å². The van der Waals surface area contributed by atoms with E-state index < -0.39 is 5.41 Å². The van der Waals surface area contributed by atoms with Gasteiger partial charge in [0.25, 0.3) is 0 Å². The van der Waals surface area contributed by atoms with Gasteiger partial charge in [0, 0.05) is 6.04 Å². The van der Waals surface area contributed by atoms with E-state index in [4.69, 9.17) is 4.84 Å². The Morgan fingerprint density at radius 2 is 1.88 bits per heavy atom. The first-order valence-corrected chi connectivity index (χ1v) is 6.05. The second-order valence-corrected chi connectivity index (χ2v) is 5.48. The van der Waals surface area contributed by atoms with E-state index in [0.717, 1.165) is 25.7 Å². The number of hydroxylamine groups is 2. The van der Waals surface area contributed by atoms with Gasteiger partial charge in [0.2, 0.25) is 0 Å². The van der Waals surface area contributed by atoms with Crippen LogP contribution in [0.15, 0.2) is 0 Å². The molecule has 1 rings (SSSR count). The van der Waals surface area contributed by atoms with Crippen LogP contribution in [0, 0.1) is 5.41 Å². The molecule has 1 N–H and O–H groups in total. The molecule has 0 spiro atoms. The minimum atomic E-state index is -0.526. The molecular formula is C12H23NO3. The molecule has 1 fully saturated rings. The zero-order valence-corrected chi connectivity index (χ0v) is 10.5. The molecule has 94 valence electrons. The lowest BCUT2D eigenvalue weighted by Gasteiger charge is -2.32. The van der Waals surface area contributed by atoms with E-state index in [9.17, 15) is 9.90 Å². The van der Waals surface area contributed by atoms with Gasteiger partial charge in [0.15, 0.2) is 0 Å². The van der Waals surface area contributed by atoms with Crippen LogP contribution in [0.3, 0.4) is 0 Å². The van der Waals surface area contributed by atoms with Crippen molar-refractivity contribution in [3.8, 4) is 0 Å². The van der Waals surface area contributed by atoms with E-state index in [1.165, 1.54) is 11.5 Å². The maximum atomic E-state index is 11.7. The van der Waals surface area contributed by atoms with Crippen molar-refractivity contribution in [3.05, 3.63) is 0 Å². The summed E-state index contributed by atoms with van der Waals surface area (Å²) in [6.45, 7) is 5.22. The minimum Gasteiger partial charge on any atom is -0.378 e. The highest BCUT2D eigenvalue weighted by Crippen LogP contribution is 2.24. The largest absolute Gasteiger partial charge is 0.378 e. The molecule has 0 aromatic heterocycles. The zero-order valence-electron chi connectivity index (χ0n) is 10.5. The Morgan fingerprint density at radius 3 is 2.31 bits per heavy atom. The molecule has 0 amide bonds. The third-order valence-corrected chi connectivity index (χ3v) is 2.93. The number of carbonyl (C=O) groups excluding carboxylic acids is 1. The molecule has 1 aliphatic rings. The Balaban J connectivity index is 2.50. The summed E-state index contributed by atoms with van der Waals surface area (Å²) in [5.74, 6) is -0.285. The molecule has 0 atom stereocenters. The monoisotopic (exact) mass is 229 g/mol. The van der Waals surface area contributed by atoms with Crippen LogP contribution in [0.2, 0.25) is 0 Å². The molecular weight excluding hydrogens is 206 g/mol. The number of carbonyl (C=O) groups is 1. The average Bonchev–Trinajstić information content (AvgIpc) is 2.25. The van der Waals surface area contributed by atoms with Gasteiger partial charge in [-0.2, -0.15) is 0 Å². The fourth-order valence-corrected chi connectivity index (χ4v) is 1.83. The van der Waals surface area contributed by atoms with Crippen LogP contribution < -0.4 is 0 Å². The maximum absolute atomic E-state index is 11.7. The van der Waals surface area contributed by atoms with Crippen molar-refractivity contribution in [2.45, 2.75) is 58.9 Å². The lowest BCUT2D eigenvalue weighted by atomic mass is 9.95. The molecule has 0 radical (unpaired) electrons. The molecule has 4 nitrogen and oxygen atoms in total. The third-order valence-electron chi connectivity index (χ3n) is 2.93. The van der Waals surface area contributed by atoms with Crippen molar-refractivity contribution in [1.82, 2.24) is 5.06 Å². The summed E-state index contributed by atoms with van der Waals surface area (Å²) >= 11 is 0. The average molecular weight is 229 g/mol. The van der Waals surface area contributed by atoms with Crippen molar-refractivity contribution in [1.29, 1.82) is 0 Å². The first kappa shape index (κ1) is 13.5. The van der Waals surface area contributed by atoms with Gasteiger partial charge in [0.05, 0.1) is 5.41 Å². The van der Waals surface area contributed by atoms with Crippen molar-refractivity contribution < 1.29 is 14.7 Å². The highest BCUT2D eigenvalue weighted by atomic mass is 16.7.